The second-order valence-corrected chi connectivity index (χ2v) is 10.7. The molecule has 3 aromatic rings. The molecule has 33 heavy (non-hydrogen) atoms. The van der Waals surface area contributed by atoms with Crippen molar-refractivity contribution in [2.24, 2.45) is 0 Å². The van der Waals surface area contributed by atoms with Crippen molar-refractivity contribution in [2.75, 3.05) is 6.54 Å². The number of carbonyl (C=O) groups excluding carboxylic acids is 1. The summed E-state index contributed by atoms with van der Waals surface area (Å²) in [4.78, 5) is 13.2. The van der Waals surface area contributed by atoms with Gasteiger partial charge in [-0.05, 0) is 72.7 Å². The zero-order valence-electron chi connectivity index (χ0n) is 18.5. The molecular formula is C26H27ClN2O3S. The van der Waals surface area contributed by atoms with E-state index < -0.39 is 10.0 Å². The van der Waals surface area contributed by atoms with E-state index in [0.29, 0.717) is 5.02 Å². The average molecular weight is 483 g/mol. The summed E-state index contributed by atoms with van der Waals surface area (Å²) in [5, 5.41) is 3.52. The number of hydrogen-bond donors (Lipinski definition) is 1. The lowest BCUT2D eigenvalue weighted by molar-refractivity contribution is -0.122. The number of hydrogen-bond acceptors (Lipinski definition) is 3. The summed E-state index contributed by atoms with van der Waals surface area (Å²) < 4.78 is 28.2. The zero-order valence-corrected chi connectivity index (χ0v) is 20.1. The Morgan fingerprint density at radius 1 is 1.03 bits per heavy atom. The quantitative estimate of drug-likeness (QED) is 0.513. The first kappa shape index (κ1) is 23.5. The monoisotopic (exact) mass is 482 g/mol. The number of benzene rings is 3. The maximum absolute atomic E-state index is 13.5. The molecule has 4 rings (SSSR count). The number of carbonyl (C=O) groups is 1. The molecule has 0 radical (unpaired) electrons. The number of nitrogens with zero attached hydrogens (tertiary/aromatic N) is 1. The molecule has 0 spiro atoms. The van der Waals surface area contributed by atoms with Crippen LogP contribution in [-0.2, 0) is 27.8 Å². The van der Waals surface area contributed by atoms with Gasteiger partial charge >= 0.3 is 0 Å². The Morgan fingerprint density at radius 3 is 2.48 bits per heavy atom. The van der Waals surface area contributed by atoms with E-state index in [4.69, 9.17) is 11.6 Å². The Kier molecular flexibility index (Phi) is 7.17. The van der Waals surface area contributed by atoms with Gasteiger partial charge in [-0.1, -0.05) is 60.1 Å². The highest BCUT2D eigenvalue weighted by Crippen LogP contribution is 2.29. The molecule has 1 aliphatic rings. The molecule has 1 N–H and O–H groups in total. The standard InChI is InChI=1S/C26H27ClN2O3S/c1-19-7-2-3-9-21(19)17-29(33(31,32)23-15-13-22(27)14-16-23)18-26(30)28-25-12-6-10-20-8-4-5-11-24(20)25/h2-5,7-9,11,13-16,25H,6,10,12,17-18H2,1H3,(H,28,30)/t25-/m0/s1. The minimum Gasteiger partial charge on any atom is -0.348 e. The third-order valence-corrected chi connectivity index (χ3v) is 8.14. The van der Waals surface area contributed by atoms with E-state index in [9.17, 15) is 13.2 Å². The zero-order chi connectivity index (χ0) is 23.4. The Bertz CT molecular complexity index is 1240. The minimum absolute atomic E-state index is 0.103. The molecule has 0 saturated carbocycles. The second kappa shape index (κ2) is 10.1. The van der Waals surface area contributed by atoms with Crippen LogP contribution in [0.5, 0.6) is 0 Å². The van der Waals surface area contributed by atoms with Crippen LogP contribution in [0.3, 0.4) is 0 Å². The van der Waals surface area contributed by atoms with Gasteiger partial charge in [-0.3, -0.25) is 4.79 Å². The molecule has 1 amide bonds. The van der Waals surface area contributed by atoms with Crippen molar-refractivity contribution in [1.82, 2.24) is 9.62 Å². The van der Waals surface area contributed by atoms with E-state index >= 15 is 0 Å². The summed E-state index contributed by atoms with van der Waals surface area (Å²) in [6, 6.07) is 21.6. The molecule has 0 unspecified atom stereocenters. The second-order valence-electron chi connectivity index (χ2n) is 8.36. The van der Waals surface area contributed by atoms with E-state index in [2.05, 4.69) is 11.4 Å². The van der Waals surface area contributed by atoms with Gasteiger partial charge in [0.15, 0.2) is 0 Å². The first-order valence-corrected chi connectivity index (χ1v) is 12.8. The van der Waals surface area contributed by atoms with Crippen molar-refractivity contribution in [1.29, 1.82) is 0 Å². The van der Waals surface area contributed by atoms with E-state index in [1.54, 1.807) is 12.1 Å². The summed E-state index contributed by atoms with van der Waals surface area (Å²) in [7, 11) is -3.92. The fourth-order valence-corrected chi connectivity index (χ4v) is 5.76. The molecule has 0 aromatic heterocycles. The Hall–Kier alpha value is -2.67. The Balaban J connectivity index is 1.59. The van der Waals surface area contributed by atoms with Crippen molar-refractivity contribution in [2.45, 2.75) is 43.7 Å². The molecule has 3 aromatic carbocycles. The lowest BCUT2D eigenvalue weighted by atomic mass is 9.88. The van der Waals surface area contributed by atoms with E-state index in [-0.39, 0.29) is 29.9 Å². The van der Waals surface area contributed by atoms with Gasteiger partial charge in [-0.15, -0.1) is 0 Å². The Morgan fingerprint density at radius 2 is 1.73 bits per heavy atom. The topological polar surface area (TPSA) is 66.5 Å². The first-order chi connectivity index (χ1) is 15.8. The summed E-state index contributed by atoms with van der Waals surface area (Å²) in [5.41, 5.74) is 4.17. The molecular weight excluding hydrogens is 456 g/mol. The fraction of sp³-hybridized carbons (Fsp3) is 0.269. The summed E-state index contributed by atoms with van der Waals surface area (Å²) >= 11 is 5.95. The van der Waals surface area contributed by atoms with Crippen LogP contribution in [0.15, 0.2) is 77.7 Å². The number of amides is 1. The molecule has 1 atom stereocenters. The summed E-state index contributed by atoms with van der Waals surface area (Å²) in [5.74, 6) is -0.317. The van der Waals surface area contributed by atoms with Crippen molar-refractivity contribution in [3.63, 3.8) is 0 Å². The van der Waals surface area contributed by atoms with Crippen LogP contribution in [0.25, 0.3) is 0 Å². The van der Waals surface area contributed by atoms with Crippen LogP contribution < -0.4 is 5.32 Å². The van der Waals surface area contributed by atoms with Gasteiger partial charge in [0.25, 0.3) is 0 Å². The molecule has 0 saturated heterocycles. The summed E-state index contributed by atoms with van der Waals surface area (Å²) in [6.07, 6.45) is 2.81. The molecule has 0 fully saturated rings. The number of sulfonamides is 1. The number of nitrogens with one attached hydrogen (secondary N) is 1. The predicted molar refractivity (Wildman–Crippen MR) is 130 cm³/mol. The molecule has 5 nitrogen and oxygen atoms in total. The van der Waals surface area contributed by atoms with Crippen molar-refractivity contribution in [3.8, 4) is 0 Å². The first-order valence-electron chi connectivity index (χ1n) is 11.0. The largest absolute Gasteiger partial charge is 0.348 e. The third-order valence-electron chi connectivity index (χ3n) is 6.08. The van der Waals surface area contributed by atoms with Crippen LogP contribution in [0, 0.1) is 6.92 Å². The van der Waals surface area contributed by atoms with Crippen LogP contribution >= 0.6 is 11.6 Å². The van der Waals surface area contributed by atoms with Gasteiger partial charge < -0.3 is 5.32 Å². The van der Waals surface area contributed by atoms with Gasteiger partial charge in [0, 0.05) is 11.6 Å². The van der Waals surface area contributed by atoms with Gasteiger partial charge in [0.05, 0.1) is 17.5 Å². The van der Waals surface area contributed by atoms with Crippen molar-refractivity contribution in [3.05, 3.63) is 100 Å². The number of rotatable bonds is 7. The molecule has 7 heteroatoms. The van der Waals surface area contributed by atoms with E-state index in [1.165, 1.54) is 22.0 Å². The highest BCUT2D eigenvalue weighted by atomic mass is 35.5. The number of fused-ring (bicyclic) bond motifs is 1. The third kappa shape index (κ3) is 5.46. The predicted octanol–water partition coefficient (Wildman–Crippen LogP) is 5.03. The molecule has 0 aliphatic heterocycles. The highest BCUT2D eigenvalue weighted by Gasteiger charge is 2.29. The SMILES string of the molecule is Cc1ccccc1CN(CC(=O)N[C@H]1CCCc2ccccc21)S(=O)(=O)c1ccc(Cl)cc1. The maximum Gasteiger partial charge on any atom is 0.243 e. The maximum atomic E-state index is 13.5. The van der Waals surface area contributed by atoms with Gasteiger partial charge in [-0.25, -0.2) is 8.42 Å². The smallest absolute Gasteiger partial charge is 0.243 e. The van der Waals surface area contributed by atoms with E-state index in [0.717, 1.165) is 36.0 Å². The molecule has 0 heterocycles. The van der Waals surface area contributed by atoms with Crippen LogP contribution in [0.1, 0.15) is 41.1 Å². The molecule has 172 valence electrons. The summed E-state index contributed by atoms with van der Waals surface area (Å²) in [6.45, 7) is 1.77. The molecule has 0 bridgehead atoms. The van der Waals surface area contributed by atoms with Crippen LogP contribution in [0.2, 0.25) is 5.02 Å². The van der Waals surface area contributed by atoms with Crippen molar-refractivity contribution < 1.29 is 13.2 Å². The van der Waals surface area contributed by atoms with Gasteiger partial charge in [0.1, 0.15) is 0 Å². The normalized spacial score (nSPS) is 15.8. The number of aryl methyl sites for hydroxylation is 2. The van der Waals surface area contributed by atoms with Crippen LogP contribution in [0.4, 0.5) is 0 Å². The van der Waals surface area contributed by atoms with Crippen molar-refractivity contribution >= 4 is 27.5 Å². The van der Waals surface area contributed by atoms with Gasteiger partial charge in [-0.2, -0.15) is 4.31 Å². The van der Waals surface area contributed by atoms with Gasteiger partial charge in [0.2, 0.25) is 15.9 Å². The number of halogens is 1. The average Bonchev–Trinajstić information content (AvgIpc) is 2.80. The lowest BCUT2D eigenvalue weighted by Gasteiger charge is -2.28. The van der Waals surface area contributed by atoms with Crippen LogP contribution in [-0.4, -0.2) is 25.2 Å². The van der Waals surface area contributed by atoms with E-state index in [1.807, 2.05) is 49.4 Å². The highest BCUT2D eigenvalue weighted by molar-refractivity contribution is 7.89. The Labute approximate surface area is 200 Å². The fourth-order valence-electron chi connectivity index (χ4n) is 4.26. The minimum atomic E-state index is -3.92. The molecule has 1 aliphatic carbocycles. The lowest BCUT2D eigenvalue weighted by Crippen LogP contribution is -2.42.